The minimum Gasteiger partial charge on any atom is -0.426 e. The van der Waals surface area contributed by atoms with E-state index >= 15 is 0 Å². The molecule has 2 aliphatic carbocycles. The summed E-state index contributed by atoms with van der Waals surface area (Å²) < 4.78 is 152. The summed E-state index contributed by atoms with van der Waals surface area (Å²) in [6, 6.07) is 6.75. The molecular formula is C27H31F11O2. The maximum Gasteiger partial charge on any atom is 0.460 e. The summed E-state index contributed by atoms with van der Waals surface area (Å²) in [5.74, 6) is -31.1. The van der Waals surface area contributed by atoms with E-state index in [0.717, 1.165) is 43.6 Å². The Hall–Kier alpha value is -2.08. The van der Waals surface area contributed by atoms with Crippen LogP contribution in [-0.4, -0.2) is 35.8 Å². The van der Waals surface area contributed by atoms with Gasteiger partial charge in [0.05, 0.1) is 5.92 Å². The SMILES string of the molecule is CCC[C@H]1CC[C@H](c2ccc(OC(=O)[C@H]3CC[C@H](C(F)(F)C(F)(F)C(F)(F)C(F)(F)C(F)(F)F)CC3)cc2)CC1. The summed E-state index contributed by atoms with van der Waals surface area (Å²) in [5, 5.41) is 0. The highest BCUT2D eigenvalue weighted by atomic mass is 19.4. The predicted molar refractivity (Wildman–Crippen MR) is 123 cm³/mol. The van der Waals surface area contributed by atoms with Gasteiger partial charge in [-0.2, -0.15) is 48.3 Å². The second kappa shape index (κ2) is 11.7. The molecule has 0 atom stereocenters. The first-order valence-corrected chi connectivity index (χ1v) is 13.3. The second-order valence-corrected chi connectivity index (χ2v) is 10.9. The first-order chi connectivity index (χ1) is 18.4. The van der Waals surface area contributed by atoms with E-state index in [2.05, 4.69) is 6.92 Å². The Morgan fingerprint density at radius 2 is 1.25 bits per heavy atom. The Morgan fingerprint density at radius 3 is 1.73 bits per heavy atom. The molecule has 0 aromatic heterocycles. The number of hydrogen-bond donors (Lipinski definition) is 0. The van der Waals surface area contributed by atoms with Crippen LogP contribution < -0.4 is 4.74 Å². The van der Waals surface area contributed by atoms with Crippen LogP contribution in [0, 0.1) is 17.8 Å². The predicted octanol–water partition coefficient (Wildman–Crippen LogP) is 9.58. The molecule has 2 nitrogen and oxygen atoms in total. The second-order valence-electron chi connectivity index (χ2n) is 10.9. The summed E-state index contributed by atoms with van der Waals surface area (Å²) >= 11 is 0. The molecule has 0 unspecified atom stereocenters. The molecule has 2 saturated carbocycles. The molecule has 1 aromatic carbocycles. The first kappa shape index (κ1) is 32.4. The highest BCUT2D eigenvalue weighted by molar-refractivity contribution is 5.75. The Kier molecular flexibility index (Phi) is 9.45. The number of rotatable bonds is 9. The fourth-order valence-corrected chi connectivity index (χ4v) is 5.73. The van der Waals surface area contributed by atoms with Gasteiger partial charge in [-0.1, -0.05) is 31.9 Å². The Balaban J connectivity index is 1.58. The lowest BCUT2D eigenvalue weighted by Crippen LogP contribution is -2.67. The van der Waals surface area contributed by atoms with E-state index in [-0.39, 0.29) is 5.75 Å². The van der Waals surface area contributed by atoms with Crippen LogP contribution in [0.25, 0.3) is 0 Å². The van der Waals surface area contributed by atoms with E-state index in [1.807, 2.05) is 12.1 Å². The van der Waals surface area contributed by atoms with Gasteiger partial charge in [0.25, 0.3) is 0 Å². The van der Waals surface area contributed by atoms with Crippen molar-refractivity contribution in [3.05, 3.63) is 29.8 Å². The minimum absolute atomic E-state index is 0.154. The lowest BCUT2D eigenvalue weighted by Gasteiger charge is -2.41. The number of halogens is 11. The van der Waals surface area contributed by atoms with Gasteiger partial charge >= 0.3 is 35.8 Å². The molecule has 40 heavy (non-hydrogen) atoms. The van der Waals surface area contributed by atoms with Gasteiger partial charge in [0.1, 0.15) is 5.75 Å². The number of benzene rings is 1. The molecule has 0 saturated heterocycles. The van der Waals surface area contributed by atoms with Crippen LogP contribution >= 0.6 is 0 Å². The van der Waals surface area contributed by atoms with Crippen molar-refractivity contribution in [1.82, 2.24) is 0 Å². The lowest BCUT2D eigenvalue weighted by atomic mass is 9.76. The summed E-state index contributed by atoms with van der Waals surface area (Å²) in [6.07, 6.45) is -3.56. The van der Waals surface area contributed by atoms with E-state index in [0.29, 0.717) is 5.92 Å². The molecule has 0 spiro atoms. The van der Waals surface area contributed by atoms with Crippen molar-refractivity contribution in [1.29, 1.82) is 0 Å². The molecule has 0 radical (unpaired) electrons. The third kappa shape index (κ3) is 6.07. The highest BCUT2D eigenvalue weighted by Gasteiger charge is 2.87. The quantitative estimate of drug-likeness (QED) is 0.161. The summed E-state index contributed by atoms with van der Waals surface area (Å²) in [6.45, 7) is 2.15. The van der Waals surface area contributed by atoms with Crippen LogP contribution in [0.3, 0.4) is 0 Å². The first-order valence-electron chi connectivity index (χ1n) is 13.3. The maximum absolute atomic E-state index is 14.4. The number of hydrogen-bond acceptors (Lipinski definition) is 2. The molecule has 228 valence electrons. The number of carbonyl (C=O) groups excluding carboxylic acids is 1. The van der Waals surface area contributed by atoms with Crippen molar-refractivity contribution in [2.75, 3.05) is 0 Å². The fraction of sp³-hybridized carbons (Fsp3) is 0.741. The topological polar surface area (TPSA) is 26.3 Å². The summed E-state index contributed by atoms with van der Waals surface area (Å²) in [5.41, 5.74) is 1.08. The molecule has 2 aliphatic rings. The van der Waals surface area contributed by atoms with E-state index in [1.54, 1.807) is 12.1 Å². The van der Waals surface area contributed by atoms with Crippen LogP contribution in [0.4, 0.5) is 48.3 Å². The standard InChI is InChI=1S/C27H31F11O2/c1-2-3-16-4-6-17(7-5-16)18-10-14-21(15-11-18)40-22(39)19-8-12-20(13-9-19)23(28,29)24(30,31)25(32,33)26(34,35)27(36,37)38/h10-11,14-17,19-20H,2-9,12-13H2,1H3/t16-,17-,19-,20-. The van der Waals surface area contributed by atoms with E-state index < -0.39 is 73.4 Å². The Labute approximate surface area is 224 Å². The molecule has 0 aliphatic heterocycles. The molecule has 0 amide bonds. The molecule has 2 fully saturated rings. The fourth-order valence-electron chi connectivity index (χ4n) is 5.73. The molecule has 3 rings (SSSR count). The van der Waals surface area contributed by atoms with Gasteiger partial charge < -0.3 is 4.74 Å². The van der Waals surface area contributed by atoms with E-state index in [4.69, 9.17) is 4.74 Å². The zero-order valence-corrected chi connectivity index (χ0v) is 21.7. The van der Waals surface area contributed by atoms with Gasteiger partial charge in [0.15, 0.2) is 0 Å². The van der Waals surface area contributed by atoms with Crippen LogP contribution in [0.1, 0.15) is 82.6 Å². The van der Waals surface area contributed by atoms with Crippen molar-refractivity contribution in [3.63, 3.8) is 0 Å². The average Bonchev–Trinajstić information content (AvgIpc) is 2.89. The van der Waals surface area contributed by atoms with E-state index in [1.165, 1.54) is 6.42 Å². The van der Waals surface area contributed by atoms with Crippen molar-refractivity contribution < 1.29 is 57.8 Å². The Bertz CT molecular complexity index is 989. The van der Waals surface area contributed by atoms with Crippen LogP contribution in [0.5, 0.6) is 5.75 Å². The molecule has 0 bridgehead atoms. The monoisotopic (exact) mass is 596 g/mol. The average molecular weight is 597 g/mol. The van der Waals surface area contributed by atoms with Crippen molar-refractivity contribution in [3.8, 4) is 5.75 Å². The van der Waals surface area contributed by atoms with Crippen molar-refractivity contribution in [2.45, 2.75) is 107 Å². The van der Waals surface area contributed by atoms with Gasteiger partial charge in [-0.25, -0.2) is 0 Å². The zero-order chi connectivity index (χ0) is 30.1. The maximum atomic E-state index is 14.4. The van der Waals surface area contributed by atoms with Gasteiger partial charge in [-0.15, -0.1) is 0 Å². The smallest absolute Gasteiger partial charge is 0.426 e. The minimum atomic E-state index is -7.42. The van der Waals surface area contributed by atoms with Crippen molar-refractivity contribution >= 4 is 5.97 Å². The molecule has 0 N–H and O–H groups in total. The van der Waals surface area contributed by atoms with Crippen LogP contribution in [0.15, 0.2) is 24.3 Å². The number of esters is 1. The molecule has 1 aromatic rings. The zero-order valence-electron chi connectivity index (χ0n) is 21.7. The third-order valence-electron chi connectivity index (χ3n) is 8.25. The molecule has 13 heteroatoms. The number of ether oxygens (including phenoxy) is 1. The van der Waals surface area contributed by atoms with Crippen molar-refractivity contribution in [2.24, 2.45) is 17.8 Å². The molecular weight excluding hydrogens is 565 g/mol. The summed E-state index contributed by atoms with van der Waals surface area (Å²) in [4.78, 5) is 12.5. The van der Waals surface area contributed by atoms with Crippen LogP contribution in [-0.2, 0) is 4.79 Å². The Morgan fingerprint density at radius 1 is 0.725 bits per heavy atom. The normalized spacial score (nSPS) is 25.5. The number of alkyl halides is 11. The van der Waals surface area contributed by atoms with Crippen LogP contribution in [0.2, 0.25) is 0 Å². The largest absolute Gasteiger partial charge is 0.460 e. The molecule has 0 heterocycles. The van der Waals surface area contributed by atoms with Gasteiger partial charge in [-0.3, -0.25) is 4.79 Å². The van der Waals surface area contributed by atoms with Gasteiger partial charge in [0.2, 0.25) is 0 Å². The summed E-state index contributed by atoms with van der Waals surface area (Å²) in [7, 11) is 0. The van der Waals surface area contributed by atoms with E-state index in [9.17, 15) is 53.1 Å². The number of carbonyl (C=O) groups is 1. The van der Waals surface area contributed by atoms with Gasteiger partial charge in [-0.05, 0) is 80.9 Å². The third-order valence-corrected chi connectivity index (χ3v) is 8.25. The lowest BCUT2D eigenvalue weighted by molar-refractivity contribution is -0.427. The van der Waals surface area contributed by atoms with Gasteiger partial charge in [0, 0.05) is 5.92 Å². The highest BCUT2D eigenvalue weighted by Crippen LogP contribution is 2.60.